The van der Waals surface area contributed by atoms with Gasteiger partial charge < -0.3 is 10.5 Å². The maximum Gasteiger partial charge on any atom is 0.0581 e. The Morgan fingerprint density at radius 2 is 2.20 bits per heavy atom. The standard InChI is InChI=1S/C8H17NO/c1-2-3-10-8-4-7(5-8)6-9/h7-8H,2-6,9H2,1H3. The van der Waals surface area contributed by atoms with Gasteiger partial charge in [0.15, 0.2) is 0 Å². The van der Waals surface area contributed by atoms with Gasteiger partial charge >= 0.3 is 0 Å². The van der Waals surface area contributed by atoms with Crippen LogP contribution < -0.4 is 5.73 Å². The molecule has 1 rings (SSSR count). The van der Waals surface area contributed by atoms with E-state index in [1.807, 2.05) is 0 Å². The Morgan fingerprint density at radius 1 is 1.50 bits per heavy atom. The summed E-state index contributed by atoms with van der Waals surface area (Å²) in [6.45, 7) is 3.90. The highest BCUT2D eigenvalue weighted by Crippen LogP contribution is 2.28. The average Bonchev–Trinajstić information content (AvgIpc) is 1.86. The lowest BCUT2D eigenvalue weighted by atomic mass is 9.82. The topological polar surface area (TPSA) is 35.2 Å². The lowest BCUT2D eigenvalue weighted by Gasteiger charge is -2.34. The molecule has 1 aliphatic carbocycles. The second kappa shape index (κ2) is 3.94. The molecule has 0 radical (unpaired) electrons. The van der Waals surface area contributed by atoms with Gasteiger partial charge in [-0.15, -0.1) is 0 Å². The fraction of sp³-hybridized carbons (Fsp3) is 1.00. The van der Waals surface area contributed by atoms with Crippen molar-refractivity contribution in [1.82, 2.24) is 0 Å². The van der Waals surface area contributed by atoms with Crippen LogP contribution in [0, 0.1) is 5.92 Å². The summed E-state index contributed by atoms with van der Waals surface area (Å²) in [6, 6.07) is 0. The van der Waals surface area contributed by atoms with E-state index in [0.29, 0.717) is 6.10 Å². The molecular weight excluding hydrogens is 126 g/mol. The molecule has 0 aliphatic heterocycles. The van der Waals surface area contributed by atoms with Gasteiger partial charge in [0, 0.05) is 6.61 Å². The SMILES string of the molecule is CCCOC1CC(CN)C1. The Morgan fingerprint density at radius 3 is 2.70 bits per heavy atom. The smallest absolute Gasteiger partial charge is 0.0581 e. The van der Waals surface area contributed by atoms with Crippen molar-refractivity contribution >= 4 is 0 Å². The number of ether oxygens (including phenoxy) is 1. The molecule has 60 valence electrons. The van der Waals surface area contributed by atoms with Crippen LogP contribution in [0.1, 0.15) is 26.2 Å². The monoisotopic (exact) mass is 143 g/mol. The van der Waals surface area contributed by atoms with Crippen LogP contribution in [0.4, 0.5) is 0 Å². The summed E-state index contributed by atoms with van der Waals surface area (Å²) in [4.78, 5) is 0. The first-order valence-electron chi connectivity index (χ1n) is 4.18. The Bertz CT molecular complexity index is 86.5. The highest BCUT2D eigenvalue weighted by molar-refractivity contribution is 4.80. The van der Waals surface area contributed by atoms with Crippen molar-refractivity contribution in [2.24, 2.45) is 11.7 Å². The minimum Gasteiger partial charge on any atom is -0.378 e. The Hall–Kier alpha value is -0.0800. The highest BCUT2D eigenvalue weighted by Gasteiger charge is 2.27. The normalized spacial score (nSPS) is 31.8. The second-order valence-electron chi connectivity index (χ2n) is 3.07. The van der Waals surface area contributed by atoms with Gasteiger partial charge in [0.2, 0.25) is 0 Å². The van der Waals surface area contributed by atoms with Crippen LogP contribution in [0.25, 0.3) is 0 Å². The summed E-state index contributed by atoms with van der Waals surface area (Å²) in [5.41, 5.74) is 5.47. The molecule has 0 atom stereocenters. The van der Waals surface area contributed by atoms with E-state index in [4.69, 9.17) is 10.5 Å². The summed E-state index contributed by atoms with van der Waals surface area (Å²) in [7, 11) is 0. The summed E-state index contributed by atoms with van der Waals surface area (Å²) in [5.74, 6) is 0.752. The molecule has 0 heterocycles. The zero-order valence-corrected chi connectivity index (χ0v) is 6.68. The third kappa shape index (κ3) is 1.96. The van der Waals surface area contributed by atoms with Gasteiger partial charge in [0.25, 0.3) is 0 Å². The first-order valence-corrected chi connectivity index (χ1v) is 4.18. The van der Waals surface area contributed by atoms with Crippen molar-refractivity contribution in [3.05, 3.63) is 0 Å². The van der Waals surface area contributed by atoms with E-state index in [1.165, 1.54) is 12.8 Å². The molecule has 0 aromatic carbocycles. The summed E-state index contributed by atoms with van der Waals surface area (Å²) in [5, 5.41) is 0. The summed E-state index contributed by atoms with van der Waals surface area (Å²) in [6.07, 6.45) is 4.05. The molecule has 0 unspecified atom stereocenters. The molecule has 0 spiro atoms. The number of rotatable bonds is 4. The molecule has 10 heavy (non-hydrogen) atoms. The number of hydrogen-bond acceptors (Lipinski definition) is 2. The lowest BCUT2D eigenvalue weighted by Crippen LogP contribution is -2.35. The minimum atomic E-state index is 0.536. The predicted octanol–water partition coefficient (Wildman–Crippen LogP) is 1.15. The van der Waals surface area contributed by atoms with Gasteiger partial charge in [-0.05, 0) is 31.7 Å². The Balaban J connectivity index is 1.93. The van der Waals surface area contributed by atoms with Gasteiger partial charge in [0.1, 0.15) is 0 Å². The minimum absolute atomic E-state index is 0.536. The van der Waals surface area contributed by atoms with E-state index >= 15 is 0 Å². The van der Waals surface area contributed by atoms with E-state index in [2.05, 4.69) is 6.92 Å². The third-order valence-electron chi connectivity index (χ3n) is 2.08. The maximum absolute atomic E-state index is 5.50. The molecule has 1 fully saturated rings. The quantitative estimate of drug-likeness (QED) is 0.640. The molecule has 0 aromatic heterocycles. The molecule has 2 nitrogen and oxygen atoms in total. The van der Waals surface area contributed by atoms with Crippen molar-refractivity contribution in [2.45, 2.75) is 32.3 Å². The van der Waals surface area contributed by atoms with Gasteiger partial charge in [-0.2, -0.15) is 0 Å². The van der Waals surface area contributed by atoms with E-state index in [9.17, 15) is 0 Å². The molecule has 0 amide bonds. The van der Waals surface area contributed by atoms with Gasteiger partial charge in [-0.3, -0.25) is 0 Å². The predicted molar refractivity (Wildman–Crippen MR) is 41.8 cm³/mol. The Kier molecular flexibility index (Phi) is 3.16. The van der Waals surface area contributed by atoms with Crippen molar-refractivity contribution in [3.63, 3.8) is 0 Å². The van der Waals surface area contributed by atoms with E-state index < -0.39 is 0 Å². The number of nitrogens with two attached hydrogens (primary N) is 1. The molecule has 1 aliphatic rings. The highest BCUT2D eigenvalue weighted by atomic mass is 16.5. The fourth-order valence-electron chi connectivity index (χ4n) is 1.29. The van der Waals surface area contributed by atoms with Crippen LogP contribution in [-0.2, 0) is 4.74 Å². The molecule has 2 N–H and O–H groups in total. The molecule has 2 heteroatoms. The Labute approximate surface area is 62.7 Å². The van der Waals surface area contributed by atoms with Crippen molar-refractivity contribution in [2.75, 3.05) is 13.2 Å². The van der Waals surface area contributed by atoms with Crippen LogP contribution >= 0.6 is 0 Å². The molecule has 0 saturated heterocycles. The van der Waals surface area contributed by atoms with Crippen molar-refractivity contribution < 1.29 is 4.74 Å². The first kappa shape index (κ1) is 8.02. The van der Waals surface area contributed by atoms with Crippen LogP contribution in [0.15, 0.2) is 0 Å². The van der Waals surface area contributed by atoms with Crippen molar-refractivity contribution in [1.29, 1.82) is 0 Å². The van der Waals surface area contributed by atoms with Crippen LogP contribution in [-0.4, -0.2) is 19.3 Å². The van der Waals surface area contributed by atoms with Gasteiger partial charge in [0.05, 0.1) is 6.10 Å². The van der Waals surface area contributed by atoms with E-state index in [-0.39, 0.29) is 0 Å². The largest absolute Gasteiger partial charge is 0.378 e. The molecule has 0 aromatic rings. The first-order chi connectivity index (χ1) is 4.86. The lowest BCUT2D eigenvalue weighted by molar-refractivity contribution is -0.0273. The van der Waals surface area contributed by atoms with Gasteiger partial charge in [-0.25, -0.2) is 0 Å². The van der Waals surface area contributed by atoms with Crippen LogP contribution in [0.2, 0.25) is 0 Å². The number of hydrogen-bond donors (Lipinski definition) is 1. The second-order valence-corrected chi connectivity index (χ2v) is 3.07. The fourth-order valence-corrected chi connectivity index (χ4v) is 1.29. The zero-order chi connectivity index (χ0) is 7.40. The molecule has 0 bridgehead atoms. The zero-order valence-electron chi connectivity index (χ0n) is 6.68. The molecular formula is C8H17NO. The van der Waals surface area contributed by atoms with E-state index in [0.717, 1.165) is 25.5 Å². The maximum atomic E-state index is 5.50. The van der Waals surface area contributed by atoms with Gasteiger partial charge in [-0.1, -0.05) is 6.92 Å². The van der Waals surface area contributed by atoms with Crippen molar-refractivity contribution in [3.8, 4) is 0 Å². The summed E-state index contributed by atoms with van der Waals surface area (Å²) < 4.78 is 5.50. The van der Waals surface area contributed by atoms with E-state index in [1.54, 1.807) is 0 Å². The molecule has 1 saturated carbocycles. The summed E-state index contributed by atoms with van der Waals surface area (Å²) >= 11 is 0. The van der Waals surface area contributed by atoms with Crippen LogP contribution in [0.3, 0.4) is 0 Å². The third-order valence-corrected chi connectivity index (χ3v) is 2.08. The van der Waals surface area contributed by atoms with Crippen LogP contribution in [0.5, 0.6) is 0 Å². The average molecular weight is 143 g/mol.